The van der Waals surface area contributed by atoms with Crippen molar-refractivity contribution in [1.29, 1.82) is 0 Å². The molecule has 1 fully saturated rings. The van der Waals surface area contributed by atoms with Crippen molar-refractivity contribution < 1.29 is 14.3 Å². The minimum Gasteiger partial charge on any atom is -0.388 e. The number of carbonyl (C=O) groups excluding carboxylic acids is 1. The molecule has 1 aromatic heterocycles. The zero-order valence-corrected chi connectivity index (χ0v) is 13.1. The molecule has 1 atom stereocenters. The second-order valence-corrected chi connectivity index (χ2v) is 6.31. The Bertz CT molecular complexity index is 765. The van der Waals surface area contributed by atoms with Gasteiger partial charge >= 0.3 is 0 Å². The van der Waals surface area contributed by atoms with Crippen LogP contribution in [0.2, 0.25) is 0 Å². The van der Waals surface area contributed by atoms with Gasteiger partial charge in [-0.2, -0.15) is 0 Å². The predicted molar refractivity (Wildman–Crippen MR) is 86.6 cm³/mol. The fourth-order valence-corrected chi connectivity index (χ4v) is 3.37. The second-order valence-electron chi connectivity index (χ2n) is 6.31. The lowest BCUT2D eigenvalue weighted by Crippen LogP contribution is -2.50. The number of halogens is 1. The first-order valence-corrected chi connectivity index (χ1v) is 7.69. The molecule has 1 aliphatic heterocycles. The van der Waals surface area contributed by atoms with Crippen LogP contribution in [0.4, 0.5) is 10.1 Å². The van der Waals surface area contributed by atoms with E-state index in [1.807, 2.05) is 24.0 Å². The fraction of sp³-hybridized carbons (Fsp3) is 0.412. The molecule has 1 unspecified atom stereocenters. The van der Waals surface area contributed by atoms with E-state index >= 15 is 0 Å². The van der Waals surface area contributed by atoms with Crippen LogP contribution in [0.3, 0.4) is 0 Å². The van der Waals surface area contributed by atoms with E-state index in [-0.39, 0.29) is 12.2 Å². The van der Waals surface area contributed by atoms with Crippen molar-refractivity contribution in [3.8, 4) is 0 Å². The molecule has 1 aromatic carbocycles. The number of anilines is 1. The van der Waals surface area contributed by atoms with Gasteiger partial charge in [-0.05, 0) is 31.9 Å². The van der Waals surface area contributed by atoms with Gasteiger partial charge < -0.3 is 15.7 Å². The number of piperidine rings is 1. The average molecular weight is 317 g/mol. The van der Waals surface area contributed by atoms with Crippen LogP contribution in [0.15, 0.2) is 24.3 Å². The van der Waals surface area contributed by atoms with Crippen molar-refractivity contribution in [3.63, 3.8) is 0 Å². The number of nitrogens with two attached hydrogens (primary N) is 1. The summed E-state index contributed by atoms with van der Waals surface area (Å²) in [6, 6.07) is 6.75. The Labute approximate surface area is 133 Å². The highest BCUT2D eigenvalue weighted by Gasteiger charge is 2.35. The third-order valence-electron chi connectivity index (χ3n) is 4.30. The van der Waals surface area contributed by atoms with E-state index in [9.17, 15) is 14.3 Å². The number of hydrogen-bond acceptors (Lipinski definition) is 4. The first kappa shape index (κ1) is 15.7. The van der Waals surface area contributed by atoms with E-state index in [2.05, 4.69) is 4.98 Å². The predicted octanol–water partition coefficient (Wildman–Crippen LogP) is 1.89. The summed E-state index contributed by atoms with van der Waals surface area (Å²) >= 11 is 0. The van der Waals surface area contributed by atoms with Gasteiger partial charge in [0.25, 0.3) is 0 Å². The molecule has 2 heterocycles. The summed E-state index contributed by atoms with van der Waals surface area (Å²) < 4.78 is 14.0. The number of benzene rings is 1. The normalized spacial score (nSPS) is 21.6. The van der Waals surface area contributed by atoms with Crippen LogP contribution < -0.4 is 10.6 Å². The summed E-state index contributed by atoms with van der Waals surface area (Å²) in [6.07, 6.45) is 1.20. The lowest BCUT2D eigenvalue weighted by atomic mass is 9.89. The lowest BCUT2D eigenvalue weighted by Gasteiger charge is -2.40. The van der Waals surface area contributed by atoms with Crippen LogP contribution in [0.1, 0.15) is 25.0 Å². The maximum absolute atomic E-state index is 14.0. The monoisotopic (exact) mass is 317 g/mol. The molecule has 2 aromatic rings. The molecular weight excluding hydrogens is 297 g/mol. The molecule has 1 aliphatic rings. The van der Waals surface area contributed by atoms with Crippen molar-refractivity contribution in [2.75, 3.05) is 18.0 Å². The topological polar surface area (TPSA) is 79.5 Å². The number of aryl methyl sites for hydroxylation is 1. The van der Waals surface area contributed by atoms with Gasteiger partial charge in [-0.3, -0.25) is 4.79 Å². The number of nitrogens with zero attached hydrogens (tertiary/aromatic N) is 2. The van der Waals surface area contributed by atoms with Gasteiger partial charge in [-0.25, -0.2) is 9.37 Å². The Morgan fingerprint density at radius 1 is 1.52 bits per heavy atom. The molecular formula is C17H20FN3O2. The Morgan fingerprint density at radius 3 is 3.04 bits per heavy atom. The van der Waals surface area contributed by atoms with Gasteiger partial charge in [0, 0.05) is 29.9 Å². The van der Waals surface area contributed by atoms with E-state index in [1.54, 1.807) is 6.07 Å². The standard InChI is InChI=1S/C17H20FN3O2/c1-11-8-14(12-4-2-5-13(18)16(12)20-11)21-7-3-6-17(23,10-21)9-15(19)22/h2,4-5,8,23H,3,6-7,9-10H2,1H3,(H2,19,22). The minimum absolute atomic E-state index is 0.0696. The highest BCUT2D eigenvalue weighted by atomic mass is 19.1. The number of pyridine rings is 1. The third-order valence-corrected chi connectivity index (χ3v) is 4.30. The number of hydrogen-bond donors (Lipinski definition) is 2. The van der Waals surface area contributed by atoms with Gasteiger partial charge in [0.2, 0.25) is 5.91 Å². The average Bonchev–Trinajstić information content (AvgIpc) is 2.46. The zero-order chi connectivity index (χ0) is 16.6. The third kappa shape index (κ3) is 3.12. The number of β-amino-alcohol motifs (C(OH)–C–C–N with tert-alkyl or cyclic N) is 1. The smallest absolute Gasteiger partial charge is 0.220 e. The number of fused-ring (bicyclic) bond motifs is 1. The summed E-state index contributed by atoms with van der Waals surface area (Å²) in [4.78, 5) is 17.5. The summed E-state index contributed by atoms with van der Waals surface area (Å²) in [6.45, 7) is 2.84. The second kappa shape index (κ2) is 5.77. The highest BCUT2D eigenvalue weighted by Crippen LogP contribution is 2.33. The van der Waals surface area contributed by atoms with Crippen LogP contribution in [-0.4, -0.2) is 34.7 Å². The number of aromatic nitrogens is 1. The van der Waals surface area contributed by atoms with E-state index in [1.165, 1.54) is 6.07 Å². The summed E-state index contributed by atoms with van der Waals surface area (Å²) in [7, 11) is 0. The van der Waals surface area contributed by atoms with E-state index in [0.29, 0.717) is 29.6 Å². The lowest BCUT2D eigenvalue weighted by molar-refractivity contribution is -0.123. The number of amides is 1. The maximum Gasteiger partial charge on any atom is 0.220 e. The molecule has 0 bridgehead atoms. The maximum atomic E-state index is 14.0. The van der Waals surface area contributed by atoms with Gasteiger partial charge in [-0.1, -0.05) is 12.1 Å². The molecule has 5 nitrogen and oxygen atoms in total. The van der Waals surface area contributed by atoms with Crippen LogP contribution in [0, 0.1) is 12.7 Å². The van der Waals surface area contributed by atoms with Crippen molar-refractivity contribution in [2.45, 2.75) is 31.8 Å². The molecule has 1 amide bonds. The molecule has 122 valence electrons. The zero-order valence-electron chi connectivity index (χ0n) is 13.1. The van der Waals surface area contributed by atoms with Gasteiger partial charge in [0.1, 0.15) is 11.3 Å². The molecule has 3 N–H and O–H groups in total. The number of rotatable bonds is 3. The number of para-hydroxylation sites is 1. The van der Waals surface area contributed by atoms with Crippen molar-refractivity contribution >= 4 is 22.5 Å². The Kier molecular flexibility index (Phi) is 3.93. The van der Waals surface area contributed by atoms with E-state index in [0.717, 1.165) is 18.7 Å². The van der Waals surface area contributed by atoms with Crippen molar-refractivity contribution in [1.82, 2.24) is 4.98 Å². The van der Waals surface area contributed by atoms with Gasteiger partial charge in [-0.15, -0.1) is 0 Å². The minimum atomic E-state index is -1.14. The quantitative estimate of drug-likeness (QED) is 0.906. The summed E-state index contributed by atoms with van der Waals surface area (Å²) in [5, 5.41) is 11.3. The fourth-order valence-electron chi connectivity index (χ4n) is 3.37. The number of primary amides is 1. The summed E-state index contributed by atoms with van der Waals surface area (Å²) in [5.74, 6) is -0.881. The SMILES string of the molecule is Cc1cc(N2CCCC(O)(CC(N)=O)C2)c2cccc(F)c2n1. The van der Waals surface area contributed by atoms with Crippen molar-refractivity contribution in [3.05, 3.63) is 35.8 Å². The molecule has 1 saturated heterocycles. The van der Waals surface area contributed by atoms with Crippen LogP contribution in [0.5, 0.6) is 0 Å². The summed E-state index contributed by atoms with van der Waals surface area (Å²) in [5.41, 5.74) is 5.98. The van der Waals surface area contributed by atoms with Gasteiger partial charge in [0.15, 0.2) is 0 Å². The largest absolute Gasteiger partial charge is 0.388 e. The molecule has 0 aliphatic carbocycles. The Morgan fingerprint density at radius 2 is 2.30 bits per heavy atom. The number of aliphatic hydroxyl groups is 1. The van der Waals surface area contributed by atoms with Crippen molar-refractivity contribution in [2.24, 2.45) is 5.73 Å². The van der Waals surface area contributed by atoms with Gasteiger partial charge in [0.05, 0.1) is 12.0 Å². The van der Waals surface area contributed by atoms with E-state index < -0.39 is 11.5 Å². The molecule has 23 heavy (non-hydrogen) atoms. The molecule has 0 radical (unpaired) electrons. The molecule has 0 saturated carbocycles. The molecule has 3 rings (SSSR count). The first-order chi connectivity index (χ1) is 10.9. The Hall–Kier alpha value is -2.21. The van der Waals surface area contributed by atoms with Crippen LogP contribution >= 0.6 is 0 Å². The number of carbonyl (C=O) groups is 1. The Balaban J connectivity index is 2.03. The molecule has 0 spiro atoms. The molecule has 6 heteroatoms. The van der Waals surface area contributed by atoms with Crippen LogP contribution in [-0.2, 0) is 4.79 Å². The van der Waals surface area contributed by atoms with Crippen LogP contribution in [0.25, 0.3) is 10.9 Å². The first-order valence-electron chi connectivity index (χ1n) is 7.69. The highest BCUT2D eigenvalue weighted by molar-refractivity contribution is 5.92. The van der Waals surface area contributed by atoms with E-state index in [4.69, 9.17) is 5.73 Å².